The van der Waals surface area contributed by atoms with Gasteiger partial charge in [-0.25, -0.2) is 9.97 Å². The number of alkyl halides is 3. The lowest BCUT2D eigenvalue weighted by Crippen LogP contribution is -2.33. The summed E-state index contributed by atoms with van der Waals surface area (Å²) < 4.78 is 46.0. The molecule has 1 aliphatic rings. The second-order valence-electron chi connectivity index (χ2n) is 8.35. The average molecular weight is 455 g/mol. The minimum atomic E-state index is -4.46. The zero-order valence-corrected chi connectivity index (χ0v) is 18.1. The molecule has 1 fully saturated rings. The Labute approximate surface area is 188 Å². The van der Waals surface area contributed by atoms with Crippen molar-refractivity contribution in [1.29, 1.82) is 0 Å². The number of halogens is 3. The number of hydrogen-bond donors (Lipinski definition) is 2. The van der Waals surface area contributed by atoms with E-state index in [2.05, 4.69) is 20.6 Å². The van der Waals surface area contributed by atoms with Crippen molar-refractivity contribution < 1.29 is 17.9 Å². The minimum absolute atomic E-state index is 0.176. The van der Waals surface area contributed by atoms with E-state index in [4.69, 9.17) is 4.74 Å². The highest BCUT2D eigenvalue weighted by atomic mass is 19.4. The Morgan fingerprint density at radius 2 is 1.76 bits per heavy atom. The standard InChI is InChI=1S/C24H24F3N5O/c1-33-18-9-10-19-15(13-18)11-12-28-23(19)30-17-7-5-16(6-8-17)29-21-3-2-4-22-31-20(14-32(21)22)24(25,26)27/h2-4,9-14,16-17,29H,5-8H2,1H3,(H,28,30). The summed E-state index contributed by atoms with van der Waals surface area (Å²) in [5.74, 6) is 2.28. The first-order valence-electron chi connectivity index (χ1n) is 10.9. The van der Waals surface area contributed by atoms with Crippen LogP contribution in [0.15, 0.2) is 54.9 Å². The average Bonchev–Trinajstić information content (AvgIpc) is 3.26. The number of rotatable bonds is 5. The number of methoxy groups -OCH3 is 1. The van der Waals surface area contributed by atoms with Crippen LogP contribution in [0, 0.1) is 0 Å². The van der Waals surface area contributed by atoms with Crippen LogP contribution < -0.4 is 15.4 Å². The predicted octanol–water partition coefficient (Wildman–Crippen LogP) is 5.75. The Morgan fingerprint density at radius 3 is 2.48 bits per heavy atom. The van der Waals surface area contributed by atoms with Crippen LogP contribution in [0.4, 0.5) is 24.8 Å². The summed E-state index contributed by atoms with van der Waals surface area (Å²) in [7, 11) is 1.65. The molecule has 0 unspecified atom stereocenters. The van der Waals surface area contributed by atoms with E-state index in [0.29, 0.717) is 5.82 Å². The summed E-state index contributed by atoms with van der Waals surface area (Å²) >= 11 is 0. The highest BCUT2D eigenvalue weighted by Gasteiger charge is 2.34. The van der Waals surface area contributed by atoms with Gasteiger partial charge in [-0.15, -0.1) is 0 Å². The molecule has 1 aliphatic carbocycles. The van der Waals surface area contributed by atoms with Crippen molar-refractivity contribution in [3.8, 4) is 5.75 Å². The fourth-order valence-electron chi connectivity index (χ4n) is 4.45. The van der Waals surface area contributed by atoms with Gasteiger partial charge in [0.15, 0.2) is 5.69 Å². The fraction of sp³-hybridized carbons (Fsp3) is 0.333. The minimum Gasteiger partial charge on any atom is -0.497 e. The zero-order chi connectivity index (χ0) is 23.0. The summed E-state index contributed by atoms with van der Waals surface area (Å²) in [4.78, 5) is 8.24. The maximum atomic E-state index is 13.1. The van der Waals surface area contributed by atoms with E-state index in [9.17, 15) is 13.2 Å². The van der Waals surface area contributed by atoms with Gasteiger partial charge < -0.3 is 15.4 Å². The number of anilines is 2. The third kappa shape index (κ3) is 4.40. The van der Waals surface area contributed by atoms with Crippen LogP contribution in [0.1, 0.15) is 31.4 Å². The molecule has 3 heterocycles. The summed E-state index contributed by atoms with van der Waals surface area (Å²) in [6, 6.07) is 13.4. The van der Waals surface area contributed by atoms with Crippen molar-refractivity contribution in [1.82, 2.24) is 14.4 Å². The molecule has 1 saturated carbocycles. The first kappa shape index (κ1) is 21.4. The van der Waals surface area contributed by atoms with Gasteiger partial charge in [-0.1, -0.05) is 6.07 Å². The number of nitrogens with one attached hydrogen (secondary N) is 2. The van der Waals surface area contributed by atoms with Gasteiger partial charge in [-0.05, 0) is 67.5 Å². The van der Waals surface area contributed by atoms with E-state index >= 15 is 0 Å². The van der Waals surface area contributed by atoms with Crippen molar-refractivity contribution in [2.75, 3.05) is 17.7 Å². The van der Waals surface area contributed by atoms with Crippen molar-refractivity contribution in [3.05, 3.63) is 60.6 Å². The van der Waals surface area contributed by atoms with Gasteiger partial charge in [0.2, 0.25) is 0 Å². The number of benzene rings is 1. The highest BCUT2D eigenvalue weighted by molar-refractivity contribution is 5.92. The van der Waals surface area contributed by atoms with E-state index < -0.39 is 11.9 Å². The Morgan fingerprint density at radius 1 is 1.00 bits per heavy atom. The largest absolute Gasteiger partial charge is 0.497 e. The van der Waals surface area contributed by atoms with Crippen LogP contribution >= 0.6 is 0 Å². The topological polar surface area (TPSA) is 63.5 Å². The quantitative estimate of drug-likeness (QED) is 0.402. The summed E-state index contributed by atoms with van der Waals surface area (Å²) in [6.07, 6.45) is 2.03. The molecule has 3 aromatic heterocycles. The van der Waals surface area contributed by atoms with Gasteiger partial charge in [-0.3, -0.25) is 4.40 Å². The molecule has 33 heavy (non-hydrogen) atoms. The SMILES string of the molecule is COc1ccc2c(NC3CCC(Nc4cccc5nc(C(F)(F)F)cn45)CC3)nccc2c1. The molecule has 0 atom stereocenters. The Kier molecular flexibility index (Phi) is 5.47. The lowest BCUT2D eigenvalue weighted by atomic mass is 9.91. The van der Waals surface area contributed by atoms with Crippen LogP contribution in [0.25, 0.3) is 16.4 Å². The van der Waals surface area contributed by atoms with E-state index in [0.717, 1.165) is 54.2 Å². The molecule has 5 rings (SSSR count). The number of aromatic nitrogens is 3. The molecule has 0 spiro atoms. The highest BCUT2D eigenvalue weighted by Crippen LogP contribution is 2.31. The maximum Gasteiger partial charge on any atom is 0.434 e. The van der Waals surface area contributed by atoms with Crippen LogP contribution in [-0.2, 0) is 6.18 Å². The van der Waals surface area contributed by atoms with Gasteiger partial charge in [0, 0.05) is 29.9 Å². The molecule has 0 saturated heterocycles. The Hall–Kier alpha value is -3.49. The molecule has 2 N–H and O–H groups in total. The van der Waals surface area contributed by atoms with Crippen LogP contribution in [-0.4, -0.2) is 33.6 Å². The van der Waals surface area contributed by atoms with Crippen molar-refractivity contribution in [2.45, 2.75) is 43.9 Å². The fourth-order valence-corrected chi connectivity index (χ4v) is 4.45. The normalized spacial score (nSPS) is 19.0. The molecule has 0 bridgehead atoms. The number of pyridine rings is 2. The molecule has 6 nitrogen and oxygen atoms in total. The van der Waals surface area contributed by atoms with Crippen molar-refractivity contribution in [2.24, 2.45) is 0 Å². The van der Waals surface area contributed by atoms with E-state index in [1.54, 1.807) is 31.5 Å². The lowest BCUT2D eigenvalue weighted by molar-refractivity contribution is -0.140. The maximum absolute atomic E-state index is 13.1. The number of hydrogen-bond acceptors (Lipinski definition) is 5. The van der Waals surface area contributed by atoms with Gasteiger partial charge in [0.25, 0.3) is 0 Å². The predicted molar refractivity (Wildman–Crippen MR) is 122 cm³/mol. The number of imidazole rings is 1. The first-order valence-corrected chi connectivity index (χ1v) is 10.9. The van der Waals surface area contributed by atoms with Gasteiger partial charge in [0.1, 0.15) is 23.0 Å². The van der Waals surface area contributed by atoms with Gasteiger partial charge in [-0.2, -0.15) is 13.2 Å². The Bertz CT molecular complexity index is 1280. The van der Waals surface area contributed by atoms with Gasteiger partial charge in [0.05, 0.1) is 7.11 Å². The zero-order valence-electron chi connectivity index (χ0n) is 18.1. The summed E-state index contributed by atoms with van der Waals surface area (Å²) in [5, 5.41) is 9.10. The molecule has 9 heteroatoms. The van der Waals surface area contributed by atoms with Crippen LogP contribution in [0.2, 0.25) is 0 Å². The van der Waals surface area contributed by atoms with Crippen molar-refractivity contribution >= 4 is 28.1 Å². The number of fused-ring (bicyclic) bond motifs is 2. The number of nitrogens with zero attached hydrogens (tertiary/aromatic N) is 3. The van der Waals surface area contributed by atoms with Crippen LogP contribution in [0.3, 0.4) is 0 Å². The molecular weight excluding hydrogens is 431 g/mol. The van der Waals surface area contributed by atoms with E-state index in [1.165, 1.54) is 4.40 Å². The van der Waals surface area contributed by atoms with E-state index in [1.807, 2.05) is 24.3 Å². The molecule has 0 radical (unpaired) electrons. The molecule has 1 aromatic carbocycles. The summed E-state index contributed by atoms with van der Waals surface area (Å²) in [5.41, 5.74) is -0.605. The first-order chi connectivity index (χ1) is 15.9. The molecule has 0 amide bonds. The third-order valence-electron chi connectivity index (χ3n) is 6.17. The second kappa shape index (κ2) is 8.46. The molecular formula is C24H24F3N5O. The second-order valence-corrected chi connectivity index (χ2v) is 8.35. The molecule has 0 aliphatic heterocycles. The third-order valence-corrected chi connectivity index (χ3v) is 6.17. The monoisotopic (exact) mass is 455 g/mol. The van der Waals surface area contributed by atoms with Crippen molar-refractivity contribution in [3.63, 3.8) is 0 Å². The lowest BCUT2D eigenvalue weighted by Gasteiger charge is -2.31. The molecule has 4 aromatic rings. The Balaban J connectivity index is 1.25. The number of ether oxygens (including phenoxy) is 1. The summed E-state index contributed by atoms with van der Waals surface area (Å²) in [6.45, 7) is 0. The van der Waals surface area contributed by atoms with Gasteiger partial charge >= 0.3 is 6.18 Å². The smallest absolute Gasteiger partial charge is 0.434 e. The van der Waals surface area contributed by atoms with E-state index in [-0.39, 0.29) is 17.7 Å². The molecule has 172 valence electrons. The van der Waals surface area contributed by atoms with Crippen LogP contribution in [0.5, 0.6) is 5.75 Å².